The molecule has 1 atom stereocenters. The van der Waals surface area contributed by atoms with E-state index >= 15 is 0 Å². The minimum atomic E-state index is -0.385. The SMILES string of the molecule is CCNc1cc(C2CC2)nc(C(C)(CC)OCC)n1. The van der Waals surface area contributed by atoms with Gasteiger partial charge in [-0.2, -0.15) is 0 Å². The Morgan fingerprint density at radius 2 is 2.05 bits per heavy atom. The third-order valence-corrected chi connectivity index (χ3v) is 3.71. The molecule has 106 valence electrons. The van der Waals surface area contributed by atoms with Crippen molar-refractivity contribution in [3.63, 3.8) is 0 Å². The molecule has 0 spiro atoms. The number of aromatic nitrogens is 2. The van der Waals surface area contributed by atoms with Crippen molar-refractivity contribution < 1.29 is 4.74 Å². The molecule has 0 aliphatic heterocycles. The maximum absolute atomic E-state index is 5.90. The minimum absolute atomic E-state index is 0.385. The van der Waals surface area contributed by atoms with Crippen molar-refractivity contribution >= 4 is 5.82 Å². The molecule has 0 radical (unpaired) electrons. The fourth-order valence-electron chi connectivity index (χ4n) is 2.21. The first-order valence-electron chi connectivity index (χ1n) is 7.40. The highest BCUT2D eigenvalue weighted by Gasteiger charge is 2.32. The summed E-state index contributed by atoms with van der Waals surface area (Å²) in [6.07, 6.45) is 3.37. The Balaban J connectivity index is 2.36. The molecule has 1 aliphatic carbocycles. The van der Waals surface area contributed by atoms with Gasteiger partial charge in [0.25, 0.3) is 0 Å². The molecule has 4 heteroatoms. The third kappa shape index (κ3) is 3.24. The van der Waals surface area contributed by atoms with E-state index in [1.54, 1.807) is 0 Å². The molecule has 1 aromatic rings. The van der Waals surface area contributed by atoms with Crippen molar-refractivity contribution in [2.75, 3.05) is 18.5 Å². The summed E-state index contributed by atoms with van der Waals surface area (Å²) >= 11 is 0. The van der Waals surface area contributed by atoms with E-state index in [4.69, 9.17) is 9.72 Å². The van der Waals surface area contributed by atoms with Gasteiger partial charge in [0, 0.05) is 30.8 Å². The van der Waals surface area contributed by atoms with E-state index in [9.17, 15) is 0 Å². The average molecular weight is 263 g/mol. The first-order chi connectivity index (χ1) is 9.12. The first-order valence-corrected chi connectivity index (χ1v) is 7.40. The third-order valence-electron chi connectivity index (χ3n) is 3.71. The fraction of sp³-hybridized carbons (Fsp3) is 0.733. The van der Waals surface area contributed by atoms with Crippen molar-refractivity contribution in [1.82, 2.24) is 9.97 Å². The topological polar surface area (TPSA) is 47.0 Å². The van der Waals surface area contributed by atoms with Gasteiger partial charge in [-0.15, -0.1) is 0 Å². The van der Waals surface area contributed by atoms with Crippen LogP contribution in [0.1, 0.15) is 64.4 Å². The maximum Gasteiger partial charge on any atom is 0.162 e. The molecular weight excluding hydrogens is 238 g/mol. The predicted octanol–water partition coefficient (Wildman–Crippen LogP) is 3.45. The molecule has 1 unspecified atom stereocenters. The second-order valence-electron chi connectivity index (χ2n) is 5.32. The van der Waals surface area contributed by atoms with E-state index in [0.717, 1.165) is 24.6 Å². The van der Waals surface area contributed by atoms with Crippen LogP contribution in [0.2, 0.25) is 0 Å². The monoisotopic (exact) mass is 263 g/mol. The lowest BCUT2D eigenvalue weighted by Gasteiger charge is -2.27. The van der Waals surface area contributed by atoms with Gasteiger partial charge in [-0.1, -0.05) is 6.92 Å². The van der Waals surface area contributed by atoms with E-state index in [1.807, 2.05) is 6.92 Å². The van der Waals surface area contributed by atoms with Gasteiger partial charge in [-0.25, -0.2) is 9.97 Å². The first kappa shape index (κ1) is 14.3. The minimum Gasteiger partial charge on any atom is -0.370 e. The van der Waals surface area contributed by atoms with Crippen LogP contribution in [0.15, 0.2) is 6.07 Å². The highest BCUT2D eigenvalue weighted by Crippen LogP contribution is 2.40. The van der Waals surface area contributed by atoms with Crippen molar-refractivity contribution in [1.29, 1.82) is 0 Å². The maximum atomic E-state index is 5.90. The summed E-state index contributed by atoms with van der Waals surface area (Å²) in [5.74, 6) is 2.37. The summed E-state index contributed by atoms with van der Waals surface area (Å²) < 4.78 is 5.90. The normalized spacial score (nSPS) is 18.1. The molecule has 19 heavy (non-hydrogen) atoms. The lowest BCUT2D eigenvalue weighted by molar-refractivity contribution is -0.0390. The Morgan fingerprint density at radius 3 is 2.58 bits per heavy atom. The lowest BCUT2D eigenvalue weighted by Crippen LogP contribution is -2.28. The van der Waals surface area contributed by atoms with Gasteiger partial charge in [0.05, 0.1) is 0 Å². The molecule has 0 saturated heterocycles. The van der Waals surface area contributed by atoms with Gasteiger partial charge >= 0.3 is 0 Å². The zero-order valence-corrected chi connectivity index (χ0v) is 12.5. The van der Waals surface area contributed by atoms with E-state index in [1.165, 1.54) is 18.5 Å². The van der Waals surface area contributed by atoms with Crippen LogP contribution in [-0.2, 0) is 10.3 Å². The second kappa shape index (κ2) is 5.87. The summed E-state index contributed by atoms with van der Waals surface area (Å²) in [7, 11) is 0. The van der Waals surface area contributed by atoms with Crippen LogP contribution in [0.3, 0.4) is 0 Å². The highest BCUT2D eigenvalue weighted by atomic mass is 16.5. The molecule has 1 saturated carbocycles. The molecule has 1 fully saturated rings. The Hall–Kier alpha value is -1.16. The number of anilines is 1. The summed E-state index contributed by atoms with van der Waals surface area (Å²) in [6.45, 7) is 9.86. The molecule has 0 aromatic carbocycles. The molecular formula is C15H25N3O. The number of hydrogen-bond donors (Lipinski definition) is 1. The largest absolute Gasteiger partial charge is 0.370 e. The van der Waals surface area contributed by atoms with Gasteiger partial charge in [0.1, 0.15) is 11.4 Å². The lowest BCUT2D eigenvalue weighted by atomic mass is 10.0. The molecule has 1 aromatic heterocycles. The predicted molar refractivity (Wildman–Crippen MR) is 77.4 cm³/mol. The quantitative estimate of drug-likeness (QED) is 0.818. The van der Waals surface area contributed by atoms with Gasteiger partial charge < -0.3 is 10.1 Å². The zero-order valence-electron chi connectivity index (χ0n) is 12.5. The van der Waals surface area contributed by atoms with Gasteiger partial charge in [0.15, 0.2) is 5.82 Å². The number of nitrogens with zero attached hydrogens (tertiary/aromatic N) is 2. The van der Waals surface area contributed by atoms with Crippen LogP contribution >= 0.6 is 0 Å². The second-order valence-corrected chi connectivity index (χ2v) is 5.32. The molecule has 1 aliphatic rings. The van der Waals surface area contributed by atoms with Crippen molar-refractivity contribution in [3.8, 4) is 0 Å². The van der Waals surface area contributed by atoms with Crippen molar-refractivity contribution in [3.05, 3.63) is 17.6 Å². The van der Waals surface area contributed by atoms with Crippen molar-refractivity contribution in [2.24, 2.45) is 0 Å². The molecule has 2 rings (SSSR count). The smallest absolute Gasteiger partial charge is 0.162 e. The van der Waals surface area contributed by atoms with Crippen LogP contribution in [0, 0.1) is 0 Å². The van der Waals surface area contributed by atoms with Crippen LogP contribution in [0.5, 0.6) is 0 Å². The number of rotatable bonds is 7. The van der Waals surface area contributed by atoms with E-state index in [2.05, 4.69) is 37.1 Å². The van der Waals surface area contributed by atoms with E-state index in [-0.39, 0.29) is 5.60 Å². The molecule has 0 amide bonds. The standard InChI is InChI=1S/C15H25N3O/c1-5-15(4,19-7-3)14-17-12(11-8-9-11)10-13(18-14)16-6-2/h10-11H,5-9H2,1-4H3,(H,16,17,18). The summed E-state index contributed by atoms with van der Waals surface area (Å²) in [6, 6.07) is 2.09. The molecule has 1 N–H and O–H groups in total. The summed E-state index contributed by atoms with van der Waals surface area (Å²) in [5.41, 5.74) is 0.782. The van der Waals surface area contributed by atoms with Gasteiger partial charge in [0.2, 0.25) is 0 Å². The highest BCUT2D eigenvalue weighted by molar-refractivity contribution is 5.38. The Bertz CT molecular complexity index is 431. The van der Waals surface area contributed by atoms with Crippen LogP contribution in [-0.4, -0.2) is 23.1 Å². The van der Waals surface area contributed by atoms with E-state index in [0.29, 0.717) is 12.5 Å². The average Bonchev–Trinajstić information content (AvgIpc) is 3.23. The van der Waals surface area contributed by atoms with Crippen molar-refractivity contribution in [2.45, 2.75) is 58.5 Å². The van der Waals surface area contributed by atoms with Gasteiger partial charge in [-0.3, -0.25) is 0 Å². The van der Waals surface area contributed by atoms with Crippen LogP contribution in [0.25, 0.3) is 0 Å². The zero-order chi connectivity index (χ0) is 13.9. The molecule has 0 bridgehead atoms. The number of nitrogens with one attached hydrogen (secondary N) is 1. The van der Waals surface area contributed by atoms with Crippen LogP contribution < -0.4 is 5.32 Å². The van der Waals surface area contributed by atoms with Gasteiger partial charge in [-0.05, 0) is 40.0 Å². The summed E-state index contributed by atoms with van der Waals surface area (Å²) in [5, 5.41) is 3.30. The Labute approximate surface area is 116 Å². The number of ether oxygens (including phenoxy) is 1. The van der Waals surface area contributed by atoms with Crippen LogP contribution in [0.4, 0.5) is 5.82 Å². The molecule has 4 nitrogen and oxygen atoms in total. The fourth-order valence-corrected chi connectivity index (χ4v) is 2.21. The Kier molecular flexibility index (Phi) is 4.40. The van der Waals surface area contributed by atoms with E-state index < -0.39 is 0 Å². The Morgan fingerprint density at radius 1 is 1.32 bits per heavy atom. The molecule has 1 heterocycles. The number of hydrogen-bond acceptors (Lipinski definition) is 4. The summed E-state index contributed by atoms with van der Waals surface area (Å²) in [4.78, 5) is 9.41.